The Morgan fingerprint density at radius 2 is 2.19 bits per heavy atom. The lowest BCUT2D eigenvalue weighted by Gasteiger charge is -2.07. The van der Waals surface area contributed by atoms with Gasteiger partial charge in [-0.2, -0.15) is 5.10 Å². The van der Waals surface area contributed by atoms with Crippen molar-refractivity contribution in [2.24, 2.45) is 7.05 Å². The molecule has 21 heavy (non-hydrogen) atoms. The summed E-state index contributed by atoms with van der Waals surface area (Å²) in [5, 5.41) is 16.1. The van der Waals surface area contributed by atoms with Gasteiger partial charge in [0, 0.05) is 31.5 Å². The molecule has 2 rings (SSSR count). The summed E-state index contributed by atoms with van der Waals surface area (Å²) < 4.78 is 3.12. The van der Waals surface area contributed by atoms with Gasteiger partial charge in [0.15, 0.2) is 0 Å². The van der Waals surface area contributed by atoms with Gasteiger partial charge in [-0.3, -0.25) is 9.48 Å². The van der Waals surface area contributed by atoms with E-state index in [1.807, 2.05) is 20.2 Å². The van der Waals surface area contributed by atoms with Gasteiger partial charge >= 0.3 is 5.97 Å². The van der Waals surface area contributed by atoms with Crippen molar-refractivity contribution in [3.05, 3.63) is 41.5 Å². The van der Waals surface area contributed by atoms with Gasteiger partial charge in [-0.1, -0.05) is 6.92 Å². The van der Waals surface area contributed by atoms with Crippen molar-refractivity contribution in [1.82, 2.24) is 19.7 Å². The second kappa shape index (κ2) is 6.25. The first-order valence-corrected chi connectivity index (χ1v) is 6.67. The highest BCUT2D eigenvalue weighted by molar-refractivity contribution is 5.86. The van der Waals surface area contributed by atoms with Crippen LogP contribution >= 0.6 is 0 Å². The number of hydrogen-bond acceptors (Lipinski definition) is 3. The van der Waals surface area contributed by atoms with Crippen LogP contribution in [0.4, 0.5) is 0 Å². The average Bonchev–Trinajstić information content (AvgIpc) is 3.02. The summed E-state index contributed by atoms with van der Waals surface area (Å²) in [5.41, 5.74) is 2.02. The Hall–Kier alpha value is -2.57. The molecule has 7 nitrogen and oxygen atoms in total. The second-order valence-corrected chi connectivity index (χ2v) is 4.73. The summed E-state index contributed by atoms with van der Waals surface area (Å²) in [6.07, 6.45) is 4.24. The van der Waals surface area contributed by atoms with Crippen molar-refractivity contribution in [1.29, 1.82) is 0 Å². The molecule has 0 bridgehead atoms. The Kier molecular flexibility index (Phi) is 4.42. The van der Waals surface area contributed by atoms with Crippen molar-refractivity contribution < 1.29 is 14.7 Å². The minimum Gasteiger partial charge on any atom is -0.477 e. The first kappa shape index (κ1) is 14.8. The maximum absolute atomic E-state index is 11.9. The maximum Gasteiger partial charge on any atom is 0.352 e. The van der Waals surface area contributed by atoms with Crippen LogP contribution in [-0.2, 0) is 31.4 Å². The number of aromatic nitrogens is 3. The van der Waals surface area contributed by atoms with E-state index in [-0.39, 0.29) is 18.1 Å². The summed E-state index contributed by atoms with van der Waals surface area (Å²) in [4.78, 5) is 22.9. The number of amides is 1. The number of aromatic carboxylic acids is 1. The molecule has 0 atom stereocenters. The largest absolute Gasteiger partial charge is 0.477 e. The third-order valence-electron chi connectivity index (χ3n) is 3.17. The molecule has 0 saturated heterocycles. The van der Waals surface area contributed by atoms with E-state index in [9.17, 15) is 9.59 Å². The molecule has 0 aliphatic rings. The van der Waals surface area contributed by atoms with Crippen LogP contribution in [0.5, 0.6) is 0 Å². The molecular weight excluding hydrogens is 272 g/mol. The molecule has 0 saturated carbocycles. The molecule has 0 unspecified atom stereocenters. The fourth-order valence-electron chi connectivity index (χ4n) is 2.18. The topological polar surface area (TPSA) is 89.2 Å². The van der Waals surface area contributed by atoms with Crippen molar-refractivity contribution in [2.45, 2.75) is 26.4 Å². The van der Waals surface area contributed by atoms with E-state index < -0.39 is 5.97 Å². The number of carboxylic acids is 1. The van der Waals surface area contributed by atoms with Crippen LogP contribution < -0.4 is 5.32 Å². The highest BCUT2D eigenvalue weighted by Gasteiger charge is 2.12. The molecule has 0 spiro atoms. The molecule has 2 heterocycles. The molecule has 2 N–H and O–H groups in total. The maximum atomic E-state index is 11.9. The quantitative estimate of drug-likeness (QED) is 0.823. The Morgan fingerprint density at radius 3 is 2.86 bits per heavy atom. The Balaban J connectivity index is 1.96. The predicted octanol–water partition coefficient (Wildman–Crippen LogP) is 0.799. The predicted molar refractivity (Wildman–Crippen MR) is 75.8 cm³/mol. The van der Waals surface area contributed by atoms with Gasteiger partial charge in [0.2, 0.25) is 5.91 Å². The number of carboxylic acid groups (broad SMARTS) is 1. The first-order chi connectivity index (χ1) is 10.0. The molecule has 0 fully saturated rings. The summed E-state index contributed by atoms with van der Waals surface area (Å²) in [5.74, 6) is -1.28. The summed E-state index contributed by atoms with van der Waals surface area (Å²) >= 11 is 0. The lowest BCUT2D eigenvalue weighted by Crippen LogP contribution is -2.28. The fourth-order valence-corrected chi connectivity index (χ4v) is 2.18. The molecule has 2 aromatic heterocycles. The minimum atomic E-state index is -1.05. The van der Waals surface area contributed by atoms with E-state index in [4.69, 9.17) is 5.11 Å². The molecular formula is C14H18N4O3. The number of carbonyl (C=O) groups is 2. The second-order valence-electron chi connectivity index (χ2n) is 4.73. The third kappa shape index (κ3) is 3.50. The number of rotatable bonds is 6. The Morgan fingerprint density at radius 1 is 1.43 bits per heavy atom. The van der Waals surface area contributed by atoms with Gasteiger partial charge in [-0.15, -0.1) is 0 Å². The van der Waals surface area contributed by atoms with Gasteiger partial charge in [0.05, 0.1) is 5.69 Å². The Labute approximate surface area is 122 Å². The zero-order chi connectivity index (χ0) is 15.4. The van der Waals surface area contributed by atoms with Crippen LogP contribution in [0.2, 0.25) is 0 Å². The molecule has 0 aliphatic heterocycles. The van der Waals surface area contributed by atoms with Gasteiger partial charge < -0.3 is 15.0 Å². The normalized spacial score (nSPS) is 10.6. The monoisotopic (exact) mass is 290 g/mol. The standard InChI is InChI=1S/C14H18N4O3/c1-3-11-10(8-17(2)16-11)7-15-13(19)9-18-6-4-5-12(18)14(20)21/h4-6,8H,3,7,9H2,1-2H3,(H,15,19)(H,20,21). The van der Waals surface area contributed by atoms with Crippen molar-refractivity contribution in [3.8, 4) is 0 Å². The smallest absolute Gasteiger partial charge is 0.352 e. The molecule has 2 aromatic rings. The third-order valence-corrected chi connectivity index (χ3v) is 3.17. The zero-order valence-corrected chi connectivity index (χ0v) is 12.0. The van der Waals surface area contributed by atoms with Gasteiger partial charge in [-0.05, 0) is 18.6 Å². The highest BCUT2D eigenvalue weighted by atomic mass is 16.4. The number of carbonyl (C=O) groups excluding carboxylic acids is 1. The molecule has 1 amide bonds. The molecule has 0 aliphatic carbocycles. The van der Waals surface area contributed by atoms with E-state index in [0.29, 0.717) is 6.54 Å². The van der Waals surface area contributed by atoms with E-state index in [1.165, 1.54) is 10.6 Å². The summed E-state index contributed by atoms with van der Waals surface area (Å²) in [6, 6.07) is 3.07. The molecule has 7 heteroatoms. The Bertz CT molecular complexity index is 657. The van der Waals surface area contributed by atoms with Crippen LogP contribution in [0.3, 0.4) is 0 Å². The first-order valence-electron chi connectivity index (χ1n) is 6.67. The minimum absolute atomic E-state index is 0.0175. The van der Waals surface area contributed by atoms with E-state index in [2.05, 4.69) is 10.4 Å². The lowest BCUT2D eigenvalue weighted by atomic mass is 10.2. The van der Waals surface area contributed by atoms with E-state index >= 15 is 0 Å². The number of aryl methyl sites for hydroxylation is 2. The van der Waals surface area contributed by atoms with Crippen molar-refractivity contribution in [3.63, 3.8) is 0 Å². The van der Waals surface area contributed by atoms with Gasteiger partial charge in [0.1, 0.15) is 12.2 Å². The van der Waals surface area contributed by atoms with Crippen LogP contribution in [0.1, 0.15) is 28.7 Å². The fraction of sp³-hybridized carbons (Fsp3) is 0.357. The number of hydrogen-bond donors (Lipinski definition) is 2. The van der Waals surface area contributed by atoms with Crippen molar-refractivity contribution >= 4 is 11.9 Å². The van der Waals surface area contributed by atoms with Crippen LogP contribution in [0.15, 0.2) is 24.5 Å². The average molecular weight is 290 g/mol. The van der Waals surface area contributed by atoms with E-state index in [0.717, 1.165) is 17.7 Å². The van der Waals surface area contributed by atoms with Crippen LogP contribution in [-0.4, -0.2) is 31.3 Å². The number of nitrogens with one attached hydrogen (secondary N) is 1. The van der Waals surface area contributed by atoms with Crippen molar-refractivity contribution in [2.75, 3.05) is 0 Å². The van der Waals surface area contributed by atoms with Crippen LogP contribution in [0, 0.1) is 0 Å². The van der Waals surface area contributed by atoms with Crippen LogP contribution in [0.25, 0.3) is 0 Å². The molecule has 0 aromatic carbocycles. The SMILES string of the molecule is CCc1nn(C)cc1CNC(=O)Cn1cccc1C(=O)O. The highest BCUT2D eigenvalue weighted by Crippen LogP contribution is 2.07. The van der Waals surface area contributed by atoms with Gasteiger partial charge in [-0.25, -0.2) is 4.79 Å². The summed E-state index contributed by atoms with van der Waals surface area (Å²) in [7, 11) is 1.84. The van der Waals surface area contributed by atoms with E-state index in [1.54, 1.807) is 16.9 Å². The molecule has 0 radical (unpaired) electrons. The van der Waals surface area contributed by atoms with Gasteiger partial charge in [0.25, 0.3) is 0 Å². The zero-order valence-electron chi connectivity index (χ0n) is 12.0. The summed E-state index contributed by atoms with van der Waals surface area (Å²) in [6.45, 7) is 2.38. The number of nitrogens with zero attached hydrogens (tertiary/aromatic N) is 3. The lowest BCUT2D eigenvalue weighted by molar-refractivity contribution is -0.121. The molecule has 112 valence electrons.